The molecule has 1 saturated heterocycles. The van der Waals surface area contributed by atoms with Crippen LogP contribution in [0.2, 0.25) is 5.02 Å². The molecule has 1 aromatic rings. The summed E-state index contributed by atoms with van der Waals surface area (Å²) in [7, 11) is 1.80. The van der Waals surface area contributed by atoms with Gasteiger partial charge in [0.1, 0.15) is 12.6 Å². The molecule has 2 amide bonds. The first-order valence-electron chi connectivity index (χ1n) is 7.13. The molecule has 0 radical (unpaired) electrons. The normalized spacial score (nSPS) is 19.3. The minimum Gasteiger partial charge on any atom is -0.343 e. The number of rotatable bonds is 4. The first kappa shape index (κ1) is 15.8. The number of amides is 2. The summed E-state index contributed by atoms with van der Waals surface area (Å²) in [6.07, 6.45) is 0.732. The third-order valence-corrected chi connectivity index (χ3v) is 4.18. The molecule has 1 unspecified atom stereocenters. The third kappa shape index (κ3) is 3.05. The molecule has 0 aliphatic carbocycles. The first-order chi connectivity index (χ1) is 9.85. The minimum absolute atomic E-state index is 0.0532. The van der Waals surface area contributed by atoms with Crippen LogP contribution in [0.15, 0.2) is 0 Å². The van der Waals surface area contributed by atoms with Crippen molar-refractivity contribution in [1.29, 1.82) is 0 Å². The number of carbonyl (C=O) groups is 2. The van der Waals surface area contributed by atoms with Gasteiger partial charge in [0.05, 0.1) is 23.0 Å². The Morgan fingerprint density at radius 2 is 2.10 bits per heavy atom. The summed E-state index contributed by atoms with van der Waals surface area (Å²) in [4.78, 5) is 25.8. The fourth-order valence-corrected chi connectivity index (χ4v) is 2.84. The monoisotopic (exact) mass is 312 g/mol. The number of piperazine rings is 1. The van der Waals surface area contributed by atoms with Gasteiger partial charge in [-0.25, -0.2) is 0 Å². The summed E-state index contributed by atoms with van der Waals surface area (Å²) in [5.41, 5.74) is 1.57. The molecule has 0 saturated carbocycles. The van der Waals surface area contributed by atoms with E-state index in [1.165, 1.54) is 0 Å². The van der Waals surface area contributed by atoms with Crippen molar-refractivity contribution in [1.82, 2.24) is 20.0 Å². The highest BCUT2D eigenvalue weighted by Gasteiger charge is 2.35. The van der Waals surface area contributed by atoms with E-state index in [-0.39, 0.29) is 24.3 Å². The zero-order valence-corrected chi connectivity index (χ0v) is 13.6. The van der Waals surface area contributed by atoms with E-state index in [1.54, 1.807) is 16.6 Å². The maximum absolute atomic E-state index is 12.5. The smallest absolute Gasteiger partial charge is 0.246 e. The maximum Gasteiger partial charge on any atom is 0.246 e. The van der Waals surface area contributed by atoms with E-state index in [9.17, 15) is 9.59 Å². The standard InChI is InChI=1S/C14H21ClN4O2/c1-5-9-12(15)10(18(4)17-9)6-19-7-11(20)16-13(8(2)3)14(19)21/h8,13H,5-7H2,1-4H3,(H,16,20). The summed E-state index contributed by atoms with van der Waals surface area (Å²) in [6, 6.07) is -0.469. The quantitative estimate of drug-likeness (QED) is 0.906. The molecule has 1 fully saturated rings. The van der Waals surface area contributed by atoms with Gasteiger partial charge < -0.3 is 10.2 Å². The number of aryl methyl sites for hydroxylation is 2. The van der Waals surface area contributed by atoms with Crippen LogP contribution < -0.4 is 5.32 Å². The minimum atomic E-state index is -0.469. The van der Waals surface area contributed by atoms with E-state index in [1.807, 2.05) is 20.8 Å². The summed E-state index contributed by atoms with van der Waals surface area (Å²) >= 11 is 6.31. The van der Waals surface area contributed by atoms with Gasteiger partial charge in [-0.2, -0.15) is 5.10 Å². The Morgan fingerprint density at radius 1 is 1.43 bits per heavy atom. The number of nitrogens with one attached hydrogen (secondary N) is 1. The van der Waals surface area contributed by atoms with Crippen LogP contribution in [0.25, 0.3) is 0 Å². The molecule has 1 aliphatic heterocycles. The van der Waals surface area contributed by atoms with E-state index in [0.29, 0.717) is 11.6 Å². The summed E-state index contributed by atoms with van der Waals surface area (Å²) in [6.45, 7) is 6.17. The molecular formula is C14H21ClN4O2. The second-order valence-electron chi connectivity index (χ2n) is 5.67. The molecule has 1 aliphatic rings. The van der Waals surface area contributed by atoms with Crippen LogP contribution in [0.5, 0.6) is 0 Å². The fraction of sp³-hybridized carbons (Fsp3) is 0.643. The predicted molar refractivity (Wildman–Crippen MR) is 79.8 cm³/mol. The number of hydrogen-bond donors (Lipinski definition) is 1. The molecule has 0 spiro atoms. The van der Waals surface area contributed by atoms with Crippen molar-refractivity contribution >= 4 is 23.4 Å². The fourth-order valence-electron chi connectivity index (χ4n) is 2.49. The van der Waals surface area contributed by atoms with Gasteiger partial charge in [0.25, 0.3) is 0 Å². The van der Waals surface area contributed by atoms with Crippen molar-refractivity contribution in [2.24, 2.45) is 13.0 Å². The lowest BCUT2D eigenvalue weighted by molar-refractivity contribution is -0.146. The van der Waals surface area contributed by atoms with Gasteiger partial charge in [0, 0.05) is 7.05 Å². The van der Waals surface area contributed by atoms with Gasteiger partial charge in [-0.15, -0.1) is 0 Å². The molecule has 116 valence electrons. The molecule has 7 heteroatoms. The van der Waals surface area contributed by atoms with Crippen LogP contribution in [0.3, 0.4) is 0 Å². The molecule has 6 nitrogen and oxygen atoms in total. The summed E-state index contributed by atoms with van der Waals surface area (Å²) in [5.74, 6) is -0.153. The predicted octanol–water partition coefficient (Wildman–Crippen LogP) is 1.12. The van der Waals surface area contributed by atoms with Gasteiger partial charge in [-0.1, -0.05) is 32.4 Å². The summed E-state index contributed by atoms with van der Waals surface area (Å²) < 4.78 is 1.69. The van der Waals surface area contributed by atoms with Crippen LogP contribution >= 0.6 is 11.6 Å². The highest BCUT2D eigenvalue weighted by molar-refractivity contribution is 6.31. The Labute approximate surface area is 129 Å². The molecule has 1 atom stereocenters. The number of nitrogens with zero attached hydrogens (tertiary/aromatic N) is 3. The number of carbonyl (C=O) groups excluding carboxylic acids is 2. The lowest BCUT2D eigenvalue weighted by Gasteiger charge is -2.34. The average Bonchev–Trinajstić information content (AvgIpc) is 2.69. The molecule has 2 rings (SSSR count). The van der Waals surface area contributed by atoms with Crippen LogP contribution in [0.4, 0.5) is 0 Å². The van der Waals surface area contributed by atoms with Crippen LogP contribution in [-0.2, 0) is 29.6 Å². The zero-order chi connectivity index (χ0) is 15.7. The van der Waals surface area contributed by atoms with Crippen molar-refractivity contribution in [3.05, 3.63) is 16.4 Å². The van der Waals surface area contributed by atoms with Gasteiger partial charge in [-0.3, -0.25) is 14.3 Å². The zero-order valence-electron chi connectivity index (χ0n) is 12.8. The van der Waals surface area contributed by atoms with E-state index >= 15 is 0 Å². The van der Waals surface area contributed by atoms with Crippen LogP contribution in [0.1, 0.15) is 32.2 Å². The SMILES string of the molecule is CCc1nn(C)c(CN2CC(=O)NC(C(C)C)C2=O)c1Cl. The van der Waals surface area contributed by atoms with E-state index in [4.69, 9.17) is 11.6 Å². The van der Waals surface area contributed by atoms with Gasteiger partial charge in [0.15, 0.2) is 0 Å². The van der Waals surface area contributed by atoms with E-state index < -0.39 is 6.04 Å². The molecule has 0 bridgehead atoms. The van der Waals surface area contributed by atoms with Crippen molar-refractivity contribution < 1.29 is 9.59 Å². The topological polar surface area (TPSA) is 67.2 Å². The second kappa shape index (κ2) is 6.05. The molecule has 21 heavy (non-hydrogen) atoms. The Bertz CT molecular complexity index is 568. The lowest BCUT2D eigenvalue weighted by Crippen LogP contribution is -2.59. The highest BCUT2D eigenvalue weighted by Crippen LogP contribution is 2.23. The van der Waals surface area contributed by atoms with Crippen molar-refractivity contribution in [3.63, 3.8) is 0 Å². The third-order valence-electron chi connectivity index (χ3n) is 3.74. The van der Waals surface area contributed by atoms with E-state index in [0.717, 1.165) is 17.8 Å². The maximum atomic E-state index is 12.5. The lowest BCUT2D eigenvalue weighted by atomic mass is 10.0. The molecular weight excluding hydrogens is 292 g/mol. The number of hydrogen-bond acceptors (Lipinski definition) is 3. The Balaban J connectivity index is 2.24. The molecule has 1 N–H and O–H groups in total. The second-order valence-corrected chi connectivity index (χ2v) is 6.05. The number of aromatic nitrogens is 2. The first-order valence-corrected chi connectivity index (χ1v) is 7.51. The Morgan fingerprint density at radius 3 is 2.62 bits per heavy atom. The summed E-state index contributed by atoms with van der Waals surface area (Å²) in [5, 5.41) is 7.66. The number of halogens is 1. The van der Waals surface area contributed by atoms with Crippen molar-refractivity contribution in [3.8, 4) is 0 Å². The largest absolute Gasteiger partial charge is 0.343 e. The van der Waals surface area contributed by atoms with Gasteiger partial charge in [0.2, 0.25) is 11.8 Å². The Kier molecular flexibility index (Phi) is 4.56. The van der Waals surface area contributed by atoms with Gasteiger partial charge in [-0.05, 0) is 12.3 Å². The van der Waals surface area contributed by atoms with Gasteiger partial charge >= 0.3 is 0 Å². The van der Waals surface area contributed by atoms with E-state index in [2.05, 4.69) is 10.4 Å². The van der Waals surface area contributed by atoms with Crippen LogP contribution in [-0.4, -0.2) is 39.1 Å². The molecule has 0 aromatic carbocycles. The average molecular weight is 313 g/mol. The molecule has 1 aromatic heterocycles. The van der Waals surface area contributed by atoms with Crippen LogP contribution in [0, 0.1) is 5.92 Å². The molecule has 2 heterocycles. The Hall–Kier alpha value is -1.56. The highest BCUT2D eigenvalue weighted by atomic mass is 35.5. The van der Waals surface area contributed by atoms with Crippen molar-refractivity contribution in [2.75, 3.05) is 6.54 Å². The van der Waals surface area contributed by atoms with Crippen molar-refractivity contribution in [2.45, 2.75) is 39.8 Å².